The van der Waals surface area contributed by atoms with Gasteiger partial charge in [0.15, 0.2) is 0 Å². The average Bonchev–Trinajstić information content (AvgIpc) is 2.46. The number of halogens is 5. The quantitative estimate of drug-likeness (QED) is 0.744. The summed E-state index contributed by atoms with van der Waals surface area (Å²) in [4.78, 5) is 3.71. The highest BCUT2D eigenvalue weighted by atomic mass is 35.5. The van der Waals surface area contributed by atoms with Gasteiger partial charge in [0.05, 0.1) is 17.1 Å². The van der Waals surface area contributed by atoms with Gasteiger partial charge in [-0.15, -0.1) is 0 Å². The zero-order chi connectivity index (χ0) is 11.9. The molecule has 0 aliphatic rings. The van der Waals surface area contributed by atoms with Gasteiger partial charge < -0.3 is 0 Å². The van der Waals surface area contributed by atoms with Gasteiger partial charge in [0, 0.05) is 6.07 Å². The molecule has 3 nitrogen and oxygen atoms in total. The van der Waals surface area contributed by atoms with E-state index in [1.165, 1.54) is 12.3 Å². The van der Waals surface area contributed by atoms with Crippen molar-refractivity contribution in [1.82, 2.24) is 14.8 Å². The summed E-state index contributed by atoms with van der Waals surface area (Å²) >= 11 is 11.3. The van der Waals surface area contributed by atoms with Crippen molar-refractivity contribution in [2.75, 3.05) is 0 Å². The molecule has 0 saturated heterocycles. The fraction of sp³-hybridized carbons (Fsp3) is 0.250. The van der Waals surface area contributed by atoms with Gasteiger partial charge >= 0.3 is 6.18 Å². The lowest BCUT2D eigenvalue weighted by Gasteiger charge is -2.07. The molecule has 8 heteroatoms. The van der Waals surface area contributed by atoms with E-state index in [0.717, 1.165) is 4.68 Å². The minimum absolute atomic E-state index is 0.0291. The highest BCUT2D eigenvalue weighted by Crippen LogP contribution is 2.26. The summed E-state index contributed by atoms with van der Waals surface area (Å²) in [5, 5.41) is 4.01. The topological polar surface area (TPSA) is 30.7 Å². The van der Waals surface area contributed by atoms with E-state index < -0.39 is 12.7 Å². The SMILES string of the molecule is FC(F)(F)Cn1ncc2c(Cl)nc(Cl)cc21. The molecule has 0 amide bonds. The van der Waals surface area contributed by atoms with Gasteiger partial charge in [0.25, 0.3) is 0 Å². The second-order valence-electron chi connectivity index (χ2n) is 3.09. The van der Waals surface area contributed by atoms with E-state index in [1.54, 1.807) is 0 Å². The summed E-state index contributed by atoms with van der Waals surface area (Å²) in [6.45, 7) is -1.19. The van der Waals surface area contributed by atoms with Crippen LogP contribution in [-0.2, 0) is 6.54 Å². The highest BCUT2D eigenvalue weighted by Gasteiger charge is 2.29. The van der Waals surface area contributed by atoms with Crippen LogP contribution in [0.4, 0.5) is 13.2 Å². The Hall–Kier alpha value is -1.01. The monoisotopic (exact) mass is 269 g/mol. The standard InChI is InChI=1S/C8H4Cl2F3N3/c9-6-1-5-4(7(10)15-6)2-14-16(5)3-8(11,12)13/h1-2H,3H2. The van der Waals surface area contributed by atoms with Crippen LogP contribution in [0.1, 0.15) is 0 Å². The predicted molar refractivity (Wildman–Crippen MR) is 53.6 cm³/mol. The summed E-state index contributed by atoms with van der Waals surface area (Å²) < 4.78 is 37.4. The Balaban J connectivity index is 2.56. The fourth-order valence-corrected chi connectivity index (χ4v) is 1.77. The number of hydrogen-bond donors (Lipinski definition) is 0. The fourth-order valence-electron chi connectivity index (χ4n) is 1.30. The molecule has 0 spiro atoms. The molecular formula is C8H4Cl2F3N3. The molecule has 0 aliphatic heterocycles. The van der Waals surface area contributed by atoms with Gasteiger partial charge in [-0.2, -0.15) is 18.3 Å². The summed E-state index contributed by atoms with van der Waals surface area (Å²) in [7, 11) is 0. The zero-order valence-corrected chi connectivity index (χ0v) is 9.11. The molecule has 2 heterocycles. The van der Waals surface area contributed by atoms with Gasteiger partial charge in [-0.1, -0.05) is 23.2 Å². The molecule has 0 aliphatic carbocycles. The van der Waals surface area contributed by atoms with Crippen molar-refractivity contribution >= 4 is 34.1 Å². The smallest absolute Gasteiger partial charge is 0.255 e. The molecule has 2 aromatic heterocycles. The van der Waals surface area contributed by atoms with Crippen molar-refractivity contribution in [2.45, 2.75) is 12.7 Å². The largest absolute Gasteiger partial charge is 0.408 e. The molecular weight excluding hydrogens is 266 g/mol. The Kier molecular flexibility index (Phi) is 2.71. The average molecular weight is 270 g/mol. The zero-order valence-electron chi connectivity index (χ0n) is 7.59. The Morgan fingerprint density at radius 3 is 2.62 bits per heavy atom. The van der Waals surface area contributed by atoms with Crippen LogP contribution < -0.4 is 0 Å². The van der Waals surface area contributed by atoms with E-state index in [-0.39, 0.29) is 15.8 Å². The Morgan fingerprint density at radius 2 is 2.00 bits per heavy atom. The number of aromatic nitrogens is 3. The van der Waals surface area contributed by atoms with Crippen molar-refractivity contribution < 1.29 is 13.2 Å². The summed E-state index contributed by atoms with van der Waals surface area (Å²) in [6, 6.07) is 1.29. The molecule has 2 rings (SSSR count). The lowest BCUT2D eigenvalue weighted by Crippen LogP contribution is -2.18. The van der Waals surface area contributed by atoms with E-state index in [1.807, 2.05) is 0 Å². The normalized spacial score (nSPS) is 12.3. The van der Waals surface area contributed by atoms with Crippen molar-refractivity contribution in [3.05, 3.63) is 22.6 Å². The molecule has 16 heavy (non-hydrogen) atoms. The molecule has 0 fully saturated rings. The molecule has 0 N–H and O–H groups in total. The maximum Gasteiger partial charge on any atom is 0.408 e. The van der Waals surface area contributed by atoms with Crippen molar-refractivity contribution in [1.29, 1.82) is 0 Å². The summed E-state index contributed by atoms with van der Waals surface area (Å²) in [5.74, 6) is 0. The van der Waals surface area contributed by atoms with Gasteiger partial charge in [-0.05, 0) is 0 Å². The van der Waals surface area contributed by atoms with Crippen LogP contribution >= 0.6 is 23.2 Å². The number of nitrogens with zero attached hydrogens (tertiary/aromatic N) is 3. The molecule has 0 saturated carbocycles. The number of fused-ring (bicyclic) bond motifs is 1. The summed E-state index contributed by atoms with van der Waals surface area (Å²) in [6.07, 6.45) is -3.12. The van der Waals surface area contributed by atoms with Gasteiger partial charge in [-0.25, -0.2) is 4.98 Å². The number of rotatable bonds is 1. The van der Waals surface area contributed by atoms with Crippen LogP contribution in [0.15, 0.2) is 12.3 Å². The second-order valence-corrected chi connectivity index (χ2v) is 3.83. The molecule has 0 atom stereocenters. The first-order chi connectivity index (χ1) is 7.37. The molecule has 0 unspecified atom stereocenters. The van der Waals surface area contributed by atoms with Crippen LogP contribution in [0.5, 0.6) is 0 Å². The Bertz CT molecular complexity index is 535. The Labute approximate surface area is 97.8 Å². The lowest BCUT2D eigenvalue weighted by atomic mass is 10.3. The molecule has 0 aromatic carbocycles. The van der Waals surface area contributed by atoms with E-state index in [2.05, 4.69) is 10.1 Å². The van der Waals surface area contributed by atoms with Gasteiger partial charge in [-0.3, -0.25) is 4.68 Å². The first-order valence-electron chi connectivity index (χ1n) is 4.11. The van der Waals surface area contributed by atoms with E-state index in [0.29, 0.717) is 5.39 Å². The minimum atomic E-state index is -4.35. The highest BCUT2D eigenvalue weighted by molar-refractivity contribution is 6.36. The van der Waals surface area contributed by atoms with E-state index in [4.69, 9.17) is 23.2 Å². The minimum Gasteiger partial charge on any atom is -0.255 e. The van der Waals surface area contributed by atoms with Crippen LogP contribution in [0.25, 0.3) is 10.9 Å². The van der Waals surface area contributed by atoms with Crippen molar-refractivity contribution in [2.24, 2.45) is 0 Å². The van der Waals surface area contributed by atoms with Crippen LogP contribution in [0, 0.1) is 0 Å². The maximum absolute atomic E-state index is 12.2. The van der Waals surface area contributed by atoms with Crippen molar-refractivity contribution in [3.8, 4) is 0 Å². The second kappa shape index (κ2) is 3.78. The van der Waals surface area contributed by atoms with E-state index >= 15 is 0 Å². The molecule has 86 valence electrons. The molecule has 0 bridgehead atoms. The van der Waals surface area contributed by atoms with Gasteiger partial charge in [0.2, 0.25) is 0 Å². The first-order valence-corrected chi connectivity index (χ1v) is 4.87. The maximum atomic E-state index is 12.2. The first kappa shape index (κ1) is 11.5. The third-order valence-corrected chi connectivity index (χ3v) is 2.37. The number of alkyl halides is 3. The van der Waals surface area contributed by atoms with Gasteiger partial charge in [0.1, 0.15) is 16.9 Å². The predicted octanol–water partition coefficient (Wildman–Crippen LogP) is 3.30. The molecule has 0 radical (unpaired) electrons. The van der Waals surface area contributed by atoms with Crippen molar-refractivity contribution in [3.63, 3.8) is 0 Å². The third kappa shape index (κ3) is 2.22. The summed E-state index contributed by atoms with van der Waals surface area (Å²) in [5.41, 5.74) is 0.210. The van der Waals surface area contributed by atoms with Crippen LogP contribution in [0.3, 0.4) is 0 Å². The lowest BCUT2D eigenvalue weighted by molar-refractivity contribution is -0.141. The number of pyridine rings is 1. The number of hydrogen-bond acceptors (Lipinski definition) is 2. The molecule has 2 aromatic rings. The van der Waals surface area contributed by atoms with Crippen LogP contribution in [0.2, 0.25) is 10.3 Å². The third-order valence-electron chi connectivity index (χ3n) is 1.89. The van der Waals surface area contributed by atoms with Crippen LogP contribution in [-0.4, -0.2) is 20.9 Å². The Morgan fingerprint density at radius 1 is 1.31 bits per heavy atom. The van der Waals surface area contributed by atoms with E-state index in [9.17, 15) is 13.2 Å².